The molecule has 0 unspecified atom stereocenters. The van der Waals surface area contributed by atoms with Crippen molar-refractivity contribution in [2.45, 2.75) is 6.92 Å². The first-order chi connectivity index (χ1) is 10.7. The number of nitrogens with one attached hydrogen (secondary N) is 1. The van der Waals surface area contributed by atoms with E-state index in [2.05, 4.69) is 15.3 Å². The summed E-state index contributed by atoms with van der Waals surface area (Å²) in [6.07, 6.45) is 1.75. The summed E-state index contributed by atoms with van der Waals surface area (Å²) in [6.45, 7) is 2.83. The van der Waals surface area contributed by atoms with Gasteiger partial charge in [0.05, 0.1) is 5.69 Å². The Morgan fingerprint density at radius 3 is 2.73 bits per heavy atom. The Morgan fingerprint density at radius 2 is 1.95 bits per heavy atom. The van der Waals surface area contributed by atoms with Gasteiger partial charge in [-0.15, -0.1) is 11.3 Å². The molecule has 5 nitrogen and oxygen atoms in total. The van der Waals surface area contributed by atoms with Crippen molar-refractivity contribution in [2.75, 3.05) is 11.9 Å². The van der Waals surface area contributed by atoms with Crippen molar-refractivity contribution < 1.29 is 10.2 Å². The Labute approximate surface area is 131 Å². The molecular weight excluding hydrogens is 298 g/mol. The number of aromatic hydroxyl groups is 2. The van der Waals surface area contributed by atoms with Crippen LogP contribution in [0.1, 0.15) is 6.92 Å². The molecule has 2 aromatic heterocycles. The van der Waals surface area contributed by atoms with Crippen LogP contribution >= 0.6 is 11.3 Å². The molecule has 0 aliphatic heterocycles. The number of benzene rings is 1. The first-order valence-electron chi connectivity index (χ1n) is 6.85. The summed E-state index contributed by atoms with van der Waals surface area (Å²) >= 11 is 1.52. The van der Waals surface area contributed by atoms with Gasteiger partial charge in [0.25, 0.3) is 0 Å². The fourth-order valence-corrected chi connectivity index (χ4v) is 2.89. The van der Waals surface area contributed by atoms with Crippen molar-refractivity contribution >= 4 is 17.2 Å². The van der Waals surface area contributed by atoms with Gasteiger partial charge in [0, 0.05) is 29.2 Å². The number of rotatable bonds is 4. The fraction of sp³-hybridized carbons (Fsp3) is 0.125. The highest BCUT2D eigenvalue weighted by molar-refractivity contribution is 7.13. The van der Waals surface area contributed by atoms with Crippen molar-refractivity contribution in [2.24, 2.45) is 0 Å². The predicted octanol–water partition coefficient (Wildman–Crippen LogP) is 3.72. The monoisotopic (exact) mass is 313 g/mol. The number of thiazole rings is 1. The van der Waals surface area contributed by atoms with Gasteiger partial charge in [0.15, 0.2) is 11.5 Å². The smallest absolute Gasteiger partial charge is 0.158 e. The van der Waals surface area contributed by atoms with Gasteiger partial charge in [-0.05, 0) is 37.3 Å². The molecule has 0 atom stereocenters. The Bertz CT molecular complexity index is 802. The minimum Gasteiger partial charge on any atom is -0.504 e. The molecule has 0 saturated carbocycles. The fourth-order valence-electron chi connectivity index (χ4n) is 2.06. The Morgan fingerprint density at radius 1 is 1.09 bits per heavy atom. The number of phenolic OH excluding ortho intramolecular Hbond substituents is 2. The molecule has 0 aliphatic rings. The van der Waals surface area contributed by atoms with Gasteiger partial charge < -0.3 is 15.5 Å². The van der Waals surface area contributed by atoms with Crippen molar-refractivity contribution in [3.8, 4) is 33.3 Å². The van der Waals surface area contributed by atoms with Gasteiger partial charge in [-0.3, -0.25) is 0 Å². The van der Waals surface area contributed by atoms with Crippen molar-refractivity contribution in [1.82, 2.24) is 9.97 Å². The molecule has 0 amide bonds. The number of hydrogen-bond acceptors (Lipinski definition) is 6. The SMILES string of the molecule is CCNc1cc(-c2nc(-c3ccc(O)c(O)c3)cs2)ccn1. The molecule has 0 spiro atoms. The van der Waals surface area contributed by atoms with Gasteiger partial charge >= 0.3 is 0 Å². The van der Waals surface area contributed by atoms with E-state index < -0.39 is 0 Å². The summed E-state index contributed by atoms with van der Waals surface area (Å²) < 4.78 is 0. The molecule has 3 rings (SSSR count). The molecule has 2 heterocycles. The molecule has 112 valence electrons. The van der Waals surface area contributed by atoms with Gasteiger partial charge in [-0.25, -0.2) is 9.97 Å². The number of aromatic nitrogens is 2. The minimum absolute atomic E-state index is 0.136. The van der Waals surface area contributed by atoms with E-state index >= 15 is 0 Å². The van der Waals surface area contributed by atoms with E-state index in [1.54, 1.807) is 12.3 Å². The van der Waals surface area contributed by atoms with Crippen LogP contribution < -0.4 is 5.32 Å². The largest absolute Gasteiger partial charge is 0.504 e. The van der Waals surface area contributed by atoms with E-state index in [1.807, 2.05) is 24.4 Å². The highest BCUT2D eigenvalue weighted by Gasteiger charge is 2.09. The van der Waals surface area contributed by atoms with E-state index in [0.29, 0.717) is 0 Å². The van der Waals surface area contributed by atoms with Crippen LogP contribution in [0.3, 0.4) is 0 Å². The number of nitrogens with zero attached hydrogens (tertiary/aromatic N) is 2. The lowest BCUT2D eigenvalue weighted by Crippen LogP contribution is -1.98. The molecule has 0 bridgehead atoms. The topological polar surface area (TPSA) is 78.3 Å². The quantitative estimate of drug-likeness (QED) is 0.640. The number of anilines is 1. The predicted molar refractivity (Wildman–Crippen MR) is 88.3 cm³/mol. The zero-order valence-electron chi connectivity index (χ0n) is 11.9. The van der Waals surface area contributed by atoms with E-state index in [9.17, 15) is 10.2 Å². The summed E-state index contributed by atoms with van der Waals surface area (Å²) in [5.41, 5.74) is 2.51. The second-order valence-corrected chi connectivity index (χ2v) is 5.56. The standard InChI is InChI=1S/C16H15N3O2S/c1-2-17-15-8-11(5-6-18-15)16-19-12(9-22-16)10-3-4-13(20)14(21)7-10/h3-9,20-21H,2H2,1H3,(H,17,18). The number of phenols is 2. The Balaban J connectivity index is 1.93. The highest BCUT2D eigenvalue weighted by Crippen LogP contribution is 2.33. The molecule has 0 radical (unpaired) electrons. The zero-order valence-corrected chi connectivity index (χ0v) is 12.8. The van der Waals surface area contributed by atoms with Gasteiger partial charge in [-0.1, -0.05) is 0 Å². The van der Waals surface area contributed by atoms with Crippen LogP contribution in [0.4, 0.5) is 5.82 Å². The maximum atomic E-state index is 9.59. The minimum atomic E-state index is -0.148. The maximum Gasteiger partial charge on any atom is 0.158 e. The summed E-state index contributed by atoms with van der Waals surface area (Å²) in [4.78, 5) is 8.84. The lowest BCUT2D eigenvalue weighted by molar-refractivity contribution is 0.404. The zero-order chi connectivity index (χ0) is 15.5. The molecule has 3 N–H and O–H groups in total. The first-order valence-corrected chi connectivity index (χ1v) is 7.73. The van der Waals surface area contributed by atoms with Crippen molar-refractivity contribution in [1.29, 1.82) is 0 Å². The molecule has 6 heteroatoms. The third kappa shape index (κ3) is 2.87. The van der Waals surface area contributed by atoms with E-state index in [-0.39, 0.29) is 11.5 Å². The Kier molecular flexibility index (Phi) is 3.93. The van der Waals surface area contributed by atoms with Crippen LogP contribution in [0.2, 0.25) is 0 Å². The Hall–Kier alpha value is -2.60. The van der Waals surface area contributed by atoms with E-state index in [0.717, 1.165) is 34.2 Å². The van der Waals surface area contributed by atoms with Gasteiger partial charge in [-0.2, -0.15) is 0 Å². The lowest BCUT2D eigenvalue weighted by Gasteiger charge is -2.03. The van der Waals surface area contributed by atoms with Gasteiger partial charge in [0.2, 0.25) is 0 Å². The summed E-state index contributed by atoms with van der Waals surface area (Å²) in [5, 5.41) is 24.9. The summed E-state index contributed by atoms with van der Waals surface area (Å²) in [7, 11) is 0. The van der Waals surface area contributed by atoms with Crippen LogP contribution in [0.5, 0.6) is 11.5 Å². The molecule has 0 aliphatic carbocycles. The normalized spacial score (nSPS) is 10.6. The van der Waals surface area contributed by atoms with Crippen LogP contribution in [-0.4, -0.2) is 26.7 Å². The van der Waals surface area contributed by atoms with Crippen molar-refractivity contribution in [3.63, 3.8) is 0 Å². The van der Waals surface area contributed by atoms with Crippen LogP contribution in [-0.2, 0) is 0 Å². The highest BCUT2D eigenvalue weighted by atomic mass is 32.1. The molecule has 1 aromatic carbocycles. The average Bonchev–Trinajstić information content (AvgIpc) is 3.01. The molecule has 0 saturated heterocycles. The molecular formula is C16H15N3O2S. The van der Waals surface area contributed by atoms with E-state index in [1.165, 1.54) is 23.5 Å². The van der Waals surface area contributed by atoms with Crippen LogP contribution in [0.15, 0.2) is 41.9 Å². The molecule has 3 aromatic rings. The second kappa shape index (κ2) is 6.03. The van der Waals surface area contributed by atoms with Crippen molar-refractivity contribution in [3.05, 3.63) is 41.9 Å². The summed E-state index contributed by atoms with van der Waals surface area (Å²) in [5.74, 6) is 0.535. The van der Waals surface area contributed by atoms with E-state index in [4.69, 9.17) is 0 Å². The average molecular weight is 313 g/mol. The third-order valence-corrected chi connectivity index (χ3v) is 4.03. The van der Waals surface area contributed by atoms with Crippen LogP contribution in [0, 0.1) is 0 Å². The maximum absolute atomic E-state index is 9.59. The second-order valence-electron chi connectivity index (χ2n) is 4.70. The third-order valence-electron chi connectivity index (χ3n) is 3.14. The first kappa shape index (κ1) is 14.3. The summed E-state index contributed by atoms with van der Waals surface area (Å²) in [6, 6.07) is 8.56. The van der Waals surface area contributed by atoms with Crippen LogP contribution in [0.25, 0.3) is 21.8 Å². The number of pyridine rings is 1. The number of hydrogen-bond donors (Lipinski definition) is 3. The lowest BCUT2D eigenvalue weighted by atomic mass is 10.1. The van der Waals surface area contributed by atoms with Gasteiger partial charge in [0.1, 0.15) is 10.8 Å². The molecule has 22 heavy (non-hydrogen) atoms. The molecule has 0 fully saturated rings.